The van der Waals surface area contributed by atoms with Crippen LogP contribution in [-0.2, 0) is 21.3 Å². The van der Waals surface area contributed by atoms with E-state index in [-0.39, 0.29) is 30.8 Å². The van der Waals surface area contributed by atoms with Crippen LogP contribution in [0.25, 0.3) is 5.57 Å². The van der Waals surface area contributed by atoms with Crippen molar-refractivity contribution in [3.05, 3.63) is 83.6 Å². The predicted octanol–water partition coefficient (Wildman–Crippen LogP) is 7.19. The molecule has 1 aromatic heterocycles. The van der Waals surface area contributed by atoms with Crippen LogP contribution in [0.2, 0.25) is 5.02 Å². The van der Waals surface area contributed by atoms with Crippen LogP contribution in [0.4, 0.5) is 4.79 Å². The van der Waals surface area contributed by atoms with E-state index in [4.69, 9.17) is 21.1 Å². The Morgan fingerprint density at radius 1 is 1.15 bits per heavy atom. The molecular weight excluding hydrogens is 628 g/mol. The summed E-state index contributed by atoms with van der Waals surface area (Å²) in [6.45, 7) is 13.8. The molecule has 0 bridgehead atoms. The summed E-state index contributed by atoms with van der Waals surface area (Å²) in [5.41, 5.74) is 8.46. The predicted molar refractivity (Wildman–Crippen MR) is 195 cm³/mol. The van der Waals surface area contributed by atoms with Gasteiger partial charge in [0.25, 0.3) is 0 Å². The summed E-state index contributed by atoms with van der Waals surface area (Å²) >= 11 is 6.63. The molecule has 2 atom stereocenters. The number of hydrogen-bond acceptors (Lipinski definition) is 7. The Bertz CT molecular complexity index is 1330. The highest BCUT2D eigenvalue weighted by Gasteiger charge is 2.32. The van der Waals surface area contributed by atoms with Crippen LogP contribution in [0.5, 0.6) is 0 Å². The van der Waals surface area contributed by atoms with Crippen LogP contribution in [0.15, 0.2) is 61.7 Å². The lowest BCUT2D eigenvalue weighted by Gasteiger charge is -2.40. The maximum atomic E-state index is 13.0. The minimum Gasteiger partial charge on any atom is -0.446 e. The van der Waals surface area contributed by atoms with Crippen molar-refractivity contribution in [1.29, 1.82) is 0 Å². The van der Waals surface area contributed by atoms with Gasteiger partial charge in [-0.1, -0.05) is 62.7 Å². The Kier molecular flexibility index (Phi) is 18.7. The second kappa shape index (κ2) is 22.1. The fraction of sp³-hybridized carbons (Fsp3) is 0.541. The molecule has 1 saturated carbocycles. The van der Waals surface area contributed by atoms with Crippen molar-refractivity contribution in [3.63, 3.8) is 0 Å². The number of methoxy groups -OCH3 is 1. The van der Waals surface area contributed by atoms with E-state index >= 15 is 0 Å². The third-order valence-electron chi connectivity index (χ3n) is 8.47. The summed E-state index contributed by atoms with van der Waals surface area (Å²) in [6.07, 6.45) is 17.1. The molecule has 0 spiro atoms. The van der Waals surface area contributed by atoms with Crippen molar-refractivity contribution in [2.75, 3.05) is 39.9 Å². The number of aryl methyl sites for hydroxylation is 1. The number of carbonyl (C=O) groups excluding carboxylic acids is 2. The monoisotopic (exact) mass is 684 g/mol. The zero-order valence-corrected chi connectivity index (χ0v) is 30.5. The van der Waals surface area contributed by atoms with E-state index in [0.717, 1.165) is 67.6 Å². The van der Waals surface area contributed by atoms with Gasteiger partial charge >= 0.3 is 6.09 Å². The molecule has 1 saturated heterocycles. The van der Waals surface area contributed by atoms with Gasteiger partial charge in [-0.05, 0) is 81.0 Å². The SMILES string of the molecule is C/C=C\C[C@H](c1ccc(Cl)cc1/C(=C\C)[C@@H](NC(=O)COC)c1cncn1C)N1CCN(C(=O)OC2CCCCC2)CC1.C=CN.CC. The highest BCUT2D eigenvalue weighted by molar-refractivity contribution is 6.30. The first kappa shape index (κ1) is 40.6. The number of piperazine rings is 1. The van der Waals surface area contributed by atoms with Crippen LogP contribution in [0.3, 0.4) is 0 Å². The molecular formula is C37H57ClN6O4. The van der Waals surface area contributed by atoms with Gasteiger partial charge in [-0.3, -0.25) is 9.69 Å². The molecule has 2 heterocycles. The smallest absolute Gasteiger partial charge is 0.410 e. The Morgan fingerprint density at radius 2 is 1.81 bits per heavy atom. The average Bonchev–Trinajstić information content (AvgIpc) is 3.53. The Morgan fingerprint density at radius 3 is 2.38 bits per heavy atom. The van der Waals surface area contributed by atoms with E-state index in [1.807, 2.05) is 62.4 Å². The minimum absolute atomic E-state index is 0.0387. The normalized spacial score (nSPS) is 17.0. The number of allylic oxidation sites excluding steroid dienone is 2. The molecule has 2 aliphatic rings. The summed E-state index contributed by atoms with van der Waals surface area (Å²) in [6, 6.07) is 5.58. The molecule has 10 nitrogen and oxygen atoms in total. The van der Waals surface area contributed by atoms with Crippen molar-refractivity contribution < 1.29 is 19.1 Å². The van der Waals surface area contributed by atoms with Gasteiger partial charge in [0.1, 0.15) is 12.7 Å². The number of nitrogens with two attached hydrogens (primary N) is 1. The highest BCUT2D eigenvalue weighted by atomic mass is 35.5. The number of benzene rings is 1. The standard InChI is InChI=1S/C33H46ClN5O4.C2H5N.C2H6/c1-5-7-13-29(38-16-18-39(19-17-38)33(41)43-25-11-9-8-10-12-25)27-15-14-24(34)20-28(27)26(6-2)32(36-31(40)22-42-4)30-21-35-23-37(30)3;1-2-3;1-2/h5-7,14-15,20-21,23,25,29,32H,8-13,16-19,22H2,1-4H3,(H,36,40);2H,1,3H2;1-2H3/b7-5-,26-6+;;/t29-,32-;;/m1../s1. The van der Waals surface area contributed by atoms with E-state index in [2.05, 4.69) is 45.7 Å². The lowest BCUT2D eigenvalue weighted by Crippen LogP contribution is -2.50. The largest absolute Gasteiger partial charge is 0.446 e. The molecule has 0 radical (unpaired) electrons. The first-order valence-corrected chi connectivity index (χ1v) is 17.5. The summed E-state index contributed by atoms with van der Waals surface area (Å²) in [4.78, 5) is 34.4. The summed E-state index contributed by atoms with van der Waals surface area (Å²) < 4.78 is 12.9. The number of nitrogens with zero attached hydrogens (tertiary/aromatic N) is 4. The van der Waals surface area contributed by atoms with E-state index in [9.17, 15) is 9.59 Å². The second-order valence-corrected chi connectivity index (χ2v) is 12.0. The lowest BCUT2D eigenvalue weighted by molar-refractivity contribution is -0.125. The molecule has 1 aliphatic carbocycles. The van der Waals surface area contributed by atoms with Crippen molar-refractivity contribution in [1.82, 2.24) is 24.7 Å². The van der Waals surface area contributed by atoms with Gasteiger partial charge in [0.2, 0.25) is 5.91 Å². The van der Waals surface area contributed by atoms with Gasteiger partial charge in [0.15, 0.2) is 0 Å². The lowest BCUT2D eigenvalue weighted by atomic mass is 9.87. The number of amides is 2. The number of nitrogens with one attached hydrogen (secondary N) is 1. The number of imidazole rings is 1. The molecule has 1 aromatic carbocycles. The number of rotatable bonds is 11. The van der Waals surface area contributed by atoms with Crippen molar-refractivity contribution in [3.8, 4) is 0 Å². The van der Waals surface area contributed by atoms with E-state index in [1.165, 1.54) is 19.7 Å². The highest BCUT2D eigenvalue weighted by Crippen LogP contribution is 2.39. The fourth-order valence-electron chi connectivity index (χ4n) is 6.19. The number of ether oxygens (including phenoxy) is 2. The summed E-state index contributed by atoms with van der Waals surface area (Å²) in [7, 11) is 3.42. The van der Waals surface area contributed by atoms with E-state index in [0.29, 0.717) is 18.1 Å². The third-order valence-corrected chi connectivity index (χ3v) is 8.70. The van der Waals surface area contributed by atoms with Crippen molar-refractivity contribution in [2.45, 2.75) is 84.4 Å². The van der Waals surface area contributed by atoms with Crippen molar-refractivity contribution >= 4 is 29.2 Å². The van der Waals surface area contributed by atoms with Gasteiger partial charge in [-0.15, -0.1) is 0 Å². The molecule has 2 aromatic rings. The Labute approximate surface area is 293 Å². The fourth-order valence-corrected chi connectivity index (χ4v) is 6.36. The Balaban J connectivity index is 0.00000151. The number of aromatic nitrogens is 2. The van der Waals surface area contributed by atoms with Crippen LogP contribution >= 0.6 is 11.6 Å². The Hall–Kier alpha value is -3.60. The van der Waals surface area contributed by atoms with Crippen LogP contribution in [-0.4, -0.2) is 77.4 Å². The van der Waals surface area contributed by atoms with Crippen LogP contribution in [0, 0.1) is 0 Å². The molecule has 3 N–H and O–H groups in total. The maximum Gasteiger partial charge on any atom is 0.410 e. The molecule has 0 unspecified atom stereocenters. The molecule has 266 valence electrons. The topological polar surface area (TPSA) is 115 Å². The first-order valence-electron chi connectivity index (χ1n) is 17.1. The van der Waals surface area contributed by atoms with Gasteiger partial charge in [-0.2, -0.15) is 0 Å². The molecule has 11 heteroatoms. The van der Waals surface area contributed by atoms with Gasteiger partial charge in [-0.25, -0.2) is 9.78 Å². The van der Waals surface area contributed by atoms with Gasteiger partial charge < -0.3 is 30.0 Å². The van der Waals surface area contributed by atoms with E-state index < -0.39 is 6.04 Å². The van der Waals surface area contributed by atoms with Gasteiger partial charge in [0.05, 0.1) is 24.3 Å². The zero-order valence-electron chi connectivity index (χ0n) is 29.8. The zero-order chi connectivity index (χ0) is 35.5. The second-order valence-electron chi connectivity index (χ2n) is 11.6. The molecule has 48 heavy (non-hydrogen) atoms. The number of halogens is 1. The summed E-state index contributed by atoms with van der Waals surface area (Å²) in [5, 5.41) is 3.76. The summed E-state index contributed by atoms with van der Waals surface area (Å²) in [5.74, 6) is -0.224. The van der Waals surface area contributed by atoms with Crippen LogP contribution < -0.4 is 11.1 Å². The van der Waals surface area contributed by atoms with Crippen LogP contribution in [0.1, 0.15) is 95.1 Å². The van der Waals surface area contributed by atoms with Crippen molar-refractivity contribution in [2.24, 2.45) is 12.8 Å². The molecule has 4 rings (SSSR count). The molecule has 1 aliphatic heterocycles. The minimum atomic E-state index is -0.467. The molecule has 2 fully saturated rings. The molecule has 2 amide bonds. The maximum absolute atomic E-state index is 13.0. The number of hydrogen-bond donors (Lipinski definition) is 2. The van der Waals surface area contributed by atoms with E-state index in [1.54, 1.807) is 12.5 Å². The third kappa shape index (κ3) is 11.8. The first-order chi connectivity index (χ1) is 23.3. The quantitative estimate of drug-likeness (QED) is 0.241. The average molecular weight is 685 g/mol. The van der Waals surface area contributed by atoms with Gasteiger partial charge in [0, 0.05) is 51.4 Å². The number of carbonyl (C=O) groups is 2.